The molecule has 2 aromatic carbocycles. The van der Waals surface area contributed by atoms with Gasteiger partial charge in [-0.1, -0.05) is 18.2 Å². The summed E-state index contributed by atoms with van der Waals surface area (Å²) in [7, 11) is 3.24. The number of nitrogens with zero attached hydrogens (tertiary/aromatic N) is 2. The molecule has 25 heavy (non-hydrogen) atoms. The molecule has 5 nitrogen and oxygen atoms in total. The van der Waals surface area contributed by atoms with Crippen molar-refractivity contribution in [1.82, 2.24) is 4.90 Å². The number of fused-ring (bicyclic) bond motifs is 2. The van der Waals surface area contributed by atoms with Crippen molar-refractivity contribution in [2.24, 2.45) is 0 Å². The first-order valence-electron chi connectivity index (χ1n) is 8.07. The van der Waals surface area contributed by atoms with E-state index in [9.17, 15) is 4.79 Å². The monoisotopic (exact) mass is 354 g/mol. The average Bonchev–Trinajstić information content (AvgIpc) is 2.89. The van der Waals surface area contributed by atoms with Crippen LogP contribution >= 0.6 is 12.2 Å². The molecular formula is C19H18N2O3S. The molecule has 4 rings (SSSR count). The van der Waals surface area contributed by atoms with Gasteiger partial charge in [0.15, 0.2) is 16.6 Å². The number of anilines is 1. The Morgan fingerprint density at radius 2 is 1.68 bits per heavy atom. The van der Waals surface area contributed by atoms with Crippen LogP contribution in [0.2, 0.25) is 0 Å². The molecule has 1 atom stereocenters. The SMILES string of the molecule is COc1cc2c(cc1OC)CN1C(=S)N(c3ccccc3)C(=O)[C@H]1C2. The Balaban J connectivity index is 1.71. The Kier molecular flexibility index (Phi) is 3.84. The van der Waals surface area contributed by atoms with Crippen LogP contribution in [-0.2, 0) is 17.8 Å². The third-order valence-electron chi connectivity index (χ3n) is 4.79. The van der Waals surface area contributed by atoms with E-state index < -0.39 is 0 Å². The quantitative estimate of drug-likeness (QED) is 0.793. The van der Waals surface area contributed by atoms with E-state index >= 15 is 0 Å². The predicted molar refractivity (Wildman–Crippen MR) is 99.1 cm³/mol. The van der Waals surface area contributed by atoms with Crippen molar-refractivity contribution in [2.45, 2.75) is 19.0 Å². The van der Waals surface area contributed by atoms with E-state index in [2.05, 4.69) is 0 Å². The summed E-state index contributed by atoms with van der Waals surface area (Å²) in [6, 6.07) is 13.2. The summed E-state index contributed by atoms with van der Waals surface area (Å²) in [5.74, 6) is 1.40. The minimum Gasteiger partial charge on any atom is -0.493 e. The second kappa shape index (κ2) is 6.04. The van der Waals surface area contributed by atoms with Gasteiger partial charge in [0, 0.05) is 13.0 Å². The van der Waals surface area contributed by atoms with Crippen molar-refractivity contribution in [1.29, 1.82) is 0 Å². The standard InChI is InChI=1S/C19H18N2O3S/c1-23-16-9-12-8-15-18(22)21(14-6-4-3-5-7-14)19(25)20(15)11-13(12)10-17(16)24-2/h3-7,9-10,15H,8,11H2,1-2H3/t15-/m1/s1. The first-order chi connectivity index (χ1) is 12.1. The summed E-state index contributed by atoms with van der Waals surface area (Å²) in [4.78, 5) is 16.6. The first kappa shape index (κ1) is 15.9. The minimum atomic E-state index is -0.265. The van der Waals surface area contributed by atoms with Gasteiger partial charge in [0.25, 0.3) is 5.91 Å². The third kappa shape index (κ3) is 2.44. The Morgan fingerprint density at radius 3 is 2.32 bits per heavy atom. The zero-order valence-electron chi connectivity index (χ0n) is 14.1. The lowest BCUT2D eigenvalue weighted by molar-refractivity contribution is -0.119. The van der Waals surface area contributed by atoms with Crippen LogP contribution in [0, 0.1) is 0 Å². The van der Waals surface area contributed by atoms with Crippen molar-refractivity contribution in [3.8, 4) is 11.5 Å². The smallest absolute Gasteiger partial charge is 0.256 e. The van der Waals surface area contributed by atoms with Crippen molar-refractivity contribution >= 4 is 28.9 Å². The number of hydrogen-bond donors (Lipinski definition) is 0. The van der Waals surface area contributed by atoms with Crippen molar-refractivity contribution < 1.29 is 14.3 Å². The van der Waals surface area contributed by atoms with E-state index in [1.54, 1.807) is 19.1 Å². The average molecular weight is 354 g/mol. The molecule has 1 amide bonds. The Labute approximate surface area is 151 Å². The number of para-hydroxylation sites is 1. The van der Waals surface area contributed by atoms with Gasteiger partial charge in [0.05, 0.1) is 19.9 Å². The molecule has 0 radical (unpaired) electrons. The molecule has 2 aliphatic rings. The third-order valence-corrected chi connectivity index (χ3v) is 5.21. The number of benzene rings is 2. The largest absolute Gasteiger partial charge is 0.493 e. The molecule has 0 saturated carbocycles. The molecule has 2 heterocycles. The minimum absolute atomic E-state index is 0.0247. The van der Waals surface area contributed by atoms with Crippen LogP contribution < -0.4 is 14.4 Å². The molecule has 0 unspecified atom stereocenters. The Morgan fingerprint density at radius 1 is 1.04 bits per heavy atom. The molecule has 0 bridgehead atoms. The molecular weight excluding hydrogens is 336 g/mol. The molecule has 6 heteroatoms. The molecule has 1 saturated heterocycles. The lowest BCUT2D eigenvalue weighted by Crippen LogP contribution is -2.40. The van der Waals surface area contributed by atoms with E-state index in [1.165, 1.54) is 0 Å². The number of hydrogen-bond acceptors (Lipinski definition) is 4. The molecule has 2 aliphatic heterocycles. The highest BCUT2D eigenvalue weighted by Gasteiger charge is 2.45. The molecule has 0 spiro atoms. The van der Waals surface area contributed by atoms with Gasteiger partial charge >= 0.3 is 0 Å². The van der Waals surface area contributed by atoms with Crippen LogP contribution in [-0.4, -0.2) is 36.2 Å². The maximum Gasteiger partial charge on any atom is 0.256 e. The number of ether oxygens (including phenoxy) is 2. The van der Waals surface area contributed by atoms with E-state index in [4.69, 9.17) is 21.7 Å². The highest BCUT2D eigenvalue weighted by Crippen LogP contribution is 2.38. The molecule has 0 aliphatic carbocycles. The van der Waals surface area contributed by atoms with E-state index in [-0.39, 0.29) is 11.9 Å². The number of thiocarbonyl (C=S) groups is 1. The predicted octanol–water partition coefficient (Wildman–Crippen LogP) is 2.76. The van der Waals surface area contributed by atoms with E-state index in [0.717, 1.165) is 16.8 Å². The first-order valence-corrected chi connectivity index (χ1v) is 8.48. The molecule has 128 valence electrons. The maximum absolute atomic E-state index is 13.0. The number of methoxy groups -OCH3 is 2. The van der Waals surface area contributed by atoms with E-state index in [1.807, 2.05) is 47.4 Å². The fraction of sp³-hybridized carbons (Fsp3) is 0.263. The zero-order chi connectivity index (χ0) is 17.6. The van der Waals surface area contributed by atoms with Gasteiger partial charge in [-0.05, 0) is 47.6 Å². The summed E-state index contributed by atoms with van der Waals surface area (Å²) < 4.78 is 10.8. The second-order valence-electron chi connectivity index (χ2n) is 6.12. The van der Waals surface area contributed by atoms with Crippen LogP contribution in [0.1, 0.15) is 11.1 Å². The van der Waals surface area contributed by atoms with Gasteiger partial charge in [-0.3, -0.25) is 9.69 Å². The topological polar surface area (TPSA) is 42.0 Å². The fourth-order valence-corrected chi connectivity index (χ4v) is 3.91. The van der Waals surface area contributed by atoms with Crippen LogP contribution in [0.4, 0.5) is 5.69 Å². The highest BCUT2D eigenvalue weighted by molar-refractivity contribution is 7.80. The summed E-state index contributed by atoms with van der Waals surface area (Å²) in [5.41, 5.74) is 3.02. The normalized spacial score (nSPS) is 18.9. The van der Waals surface area contributed by atoms with Gasteiger partial charge in [0.2, 0.25) is 0 Å². The summed E-state index contributed by atoms with van der Waals surface area (Å²) in [6.07, 6.45) is 0.609. The maximum atomic E-state index is 13.0. The van der Waals surface area contributed by atoms with Crippen molar-refractivity contribution in [3.63, 3.8) is 0 Å². The van der Waals surface area contributed by atoms with Gasteiger partial charge in [0.1, 0.15) is 6.04 Å². The van der Waals surface area contributed by atoms with Crippen LogP contribution in [0.25, 0.3) is 0 Å². The zero-order valence-corrected chi connectivity index (χ0v) is 14.9. The lowest BCUT2D eigenvalue weighted by atomic mass is 9.94. The summed E-state index contributed by atoms with van der Waals surface area (Å²) in [6.45, 7) is 0.592. The van der Waals surface area contributed by atoms with Gasteiger partial charge in [-0.2, -0.15) is 0 Å². The molecule has 1 fully saturated rings. The highest BCUT2D eigenvalue weighted by atomic mass is 32.1. The number of rotatable bonds is 3. The lowest BCUT2D eigenvalue weighted by Gasteiger charge is -2.31. The van der Waals surface area contributed by atoms with E-state index in [0.29, 0.717) is 29.6 Å². The van der Waals surface area contributed by atoms with Crippen LogP contribution in [0.5, 0.6) is 11.5 Å². The van der Waals surface area contributed by atoms with Crippen LogP contribution in [0.3, 0.4) is 0 Å². The summed E-state index contributed by atoms with van der Waals surface area (Å²) in [5, 5.41) is 0.557. The molecule has 2 aromatic rings. The Bertz CT molecular complexity index is 802. The number of carbonyl (C=O) groups is 1. The van der Waals surface area contributed by atoms with Gasteiger partial charge in [-0.25, -0.2) is 0 Å². The number of carbonyl (C=O) groups excluding carboxylic acids is 1. The summed E-state index contributed by atoms with van der Waals surface area (Å²) >= 11 is 5.61. The molecule has 0 N–H and O–H groups in total. The van der Waals surface area contributed by atoms with Crippen LogP contribution in [0.15, 0.2) is 42.5 Å². The van der Waals surface area contributed by atoms with Gasteiger partial charge in [-0.15, -0.1) is 0 Å². The van der Waals surface area contributed by atoms with Crippen molar-refractivity contribution in [3.05, 3.63) is 53.6 Å². The fourth-order valence-electron chi connectivity index (χ4n) is 3.52. The van der Waals surface area contributed by atoms with Gasteiger partial charge < -0.3 is 14.4 Å². The van der Waals surface area contributed by atoms with Crippen molar-refractivity contribution in [2.75, 3.05) is 19.1 Å². The Hall–Kier alpha value is -2.60. The second-order valence-corrected chi connectivity index (χ2v) is 6.48. The number of amides is 1. The molecule has 0 aromatic heterocycles.